The van der Waals surface area contributed by atoms with Crippen LogP contribution in [0.1, 0.15) is 30.4 Å². The molecule has 6 nitrogen and oxygen atoms in total. The third kappa shape index (κ3) is 5.55. The van der Waals surface area contributed by atoms with Gasteiger partial charge in [-0.3, -0.25) is 14.6 Å². The van der Waals surface area contributed by atoms with Gasteiger partial charge in [0.25, 0.3) is 0 Å². The van der Waals surface area contributed by atoms with Crippen LogP contribution in [0, 0.1) is 11.3 Å². The Morgan fingerprint density at radius 2 is 1.62 bits per heavy atom. The zero-order valence-electron chi connectivity index (χ0n) is 18.6. The molecular formula is C26H32N4O2. The Balaban J connectivity index is 1.39. The van der Waals surface area contributed by atoms with E-state index in [4.69, 9.17) is 10.5 Å². The second-order valence-corrected chi connectivity index (χ2v) is 8.78. The second kappa shape index (κ2) is 10.7. The van der Waals surface area contributed by atoms with Gasteiger partial charge in [-0.2, -0.15) is 5.26 Å². The molecule has 1 unspecified atom stereocenters. The number of amides is 1. The summed E-state index contributed by atoms with van der Waals surface area (Å²) < 4.78 is 5.42. The van der Waals surface area contributed by atoms with Gasteiger partial charge in [0.1, 0.15) is 6.04 Å². The van der Waals surface area contributed by atoms with E-state index in [1.54, 1.807) is 0 Å². The van der Waals surface area contributed by atoms with Crippen LogP contribution in [0.2, 0.25) is 0 Å². The number of benzene rings is 2. The first-order valence-electron chi connectivity index (χ1n) is 11.6. The van der Waals surface area contributed by atoms with Crippen LogP contribution in [0.3, 0.4) is 0 Å². The highest BCUT2D eigenvalue weighted by molar-refractivity contribution is 5.80. The lowest BCUT2D eigenvalue weighted by atomic mass is 9.95. The maximum absolute atomic E-state index is 11.8. The summed E-state index contributed by atoms with van der Waals surface area (Å²) in [4.78, 5) is 16.3. The van der Waals surface area contributed by atoms with Gasteiger partial charge >= 0.3 is 0 Å². The first-order chi connectivity index (χ1) is 15.6. The molecule has 2 heterocycles. The minimum atomic E-state index is -0.335. The van der Waals surface area contributed by atoms with Crippen LogP contribution in [0.5, 0.6) is 0 Å². The largest absolute Gasteiger partial charge is 0.379 e. The first kappa shape index (κ1) is 22.5. The van der Waals surface area contributed by atoms with Crippen molar-refractivity contribution in [1.29, 1.82) is 5.26 Å². The van der Waals surface area contributed by atoms with Crippen molar-refractivity contribution in [2.75, 3.05) is 32.8 Å². The van der Waals surface area contributed by atoms with E-state index in [1.165, 1.54) is 11.1 Å². The van der Waals surface area contributed by atoms with Gasteiger partial charge in [0.2, 0.25) is 5.91 Å². The summed E-state index contributed by atoms with van der Waals surface area (Å²) in [5, 5.41) is 9.76. The number of piperidine rings is 1. The normalized spacial score (nSPS) is 21.0. The average molecular weight is 433 g/mol. The van der Waals surface area contributed by atoms with E-state index in [1.807, 2.05) is 4.90 Å². The van der Waals surface area contributed by atoms with Gasteiger partial charge in [0.05, 0.1) is 25.3 Å². The Morgan fingerprint density at radius 1 is 1.00 bits per heavy atom. The summed E-state index contributed by atoms with van der Waals surface area (Å²) in [6.07, 6.45) is 3.33. The molecule has 1 amide bonds. The smallest absolute Gasteiger partial charge is 0.234 e. The number of morpholine rings is 1. The Morgan fingerprint density at radius 3 is 2.22 bits per heavy atom. The lowest BCUT2D eigenvalue weighted by Crippen LogP contribution is -2.52. The van der Waals surface area contributed by atoms with Crippen molar-refractivity contribution >= 4 is 5.91 Å². The van der Waals surface area contributed by atoms with E-state index in [9.17, 15) is 10.1 Å². The van der Waals surface area contributed by atoms with Gasteiger partial charge in [-0.15, -0.1) is 0 Å². The molecule has 2 N–H and O–H groups in total. The minimum absolute atomic E-state index is 0.322. The van der Waals surface area contributed by atoms with Crippen molar-refractivity contribution in [2.24, 2.45) is 5.73 Å². The standard InChI is InChI=1S/C26H32N4O2/c27-18-24(30-12-2-1-3-25(30)26(28)31)17-20-4-8-22(9-5-20)23-10-6-21(7-11-23)19-29-13-15-32-16-14-29/h4-11,24-25H,1-3,12-17,19H2,(H2,28,31)/t24-,25?/m0/s1. The highest BCUT2D eigenvalue weighted by Gasteiger charge is 2.32. The third-order valence-corrected chi connectivity index (χ3v) is 6.60. The number of primary amides is 1. The number of nitrogens with two attached hydrogens (primary N) is 1. The van der Waals surface area contributed by atoms with Crippen molar-refractivity contribution in [1.82, 2.24) is 9.80 Å². The number of carbonyl (C=O) groups excluding carboxylic acids is 1. The van der Waals surface area contributed by atoms with Crippen LogP contribution in [-0.4, -0.2) is 60.6 Å². The molecule has 2 saturated heterocycles. The van der Waals surface area contributed by atoms with Crippen LogP contribution < -0.4 is 5.73 Å². The van der Waals surface area contributed by atoms with E-state index >= 15 is 0 Å². The molecule has 32 heavy (non-hydrogen) atoms. The highest BCUT2D eigenvalue weighted by Crippen LogP contribution is 2.24. The molecule has 2 aliphatic heterocycles. The SMILES string of the molecule is N#C[C@H](Cc1ccc(-c2ccc(CN3CCOCC3)cc2)cc1)N1CCCCC1C(N)=O. The quantitative estimate of drug-likeness (QED) is 0.727. The van der Waals surface area contributed by atoms with Crippen molar-refractivity contribution < 1.29 is 9.53 Å². The van der Waals surface area contributed by atoms with Gasteiger partial charge in [-0.25, -0.2) is 0 Å². The van der Waals surface area contributed by atoms with E-state index in [0.717, 1.165) is 69.8 Å². The molecule has 2 aliphatic rings. The molecule has 0 saturated carbocycles. The Kier molecular flexibility index (Phi) is 7.54. The summed E-state index contributed by atoms with van der Waals surface area (Å²) in [6.45, 7) is 5.33. The van der Waals surface area contributed by atoms with Crippen molar-refractivity contribution in [3.8, 4) is 17.2 Å². The van der Waals surface area contributed by atoms with Crippen LogP contribution in [0.15, 0.2) is 48.5 Å². The molecule has 6 heteroatoms. The molecule has 0 radical (unpaired) electrons. The van der Waals surface area contributed by atoms with Crippen LogP contribution >= 0.6 is 0 Å². The molecular weight excluding hydrogens is 400 g/mol. The van der Waals surface area contributed by atoms with Crippen LogP contribution in [-0.2, 0) is 22.5 Å². The Bertz CT molecular complexity index is 930. The predicted molar refractivity (Wildman–Crippen MR) is 125 cm³/mol. The van der Waals surface area contributed by atoms with E-state index in [0.29, 0.717) is 6.42 Å². The number of ether oxygens (including phenoxy) is 1. The maximum Gasteiger partial charge on any atom is 0.234 e. The highest BCUT2D eigenvalue weighted by atomic mass is 16.5. The lowest BCUT2D eigenvalue weighted by Gasteiger charge is -2.36. The minimum Gasteiger partial charge on any atom is -0.379 e. The van der Waals surface area contributed by atoms with E-state index in [-0.39, 0.29) is 18.0 Å². The zero-order valence-corrected chi connectivity index (χ0v) is 18.6. The Labute approximate surface area is 190 Å². The topological polar surface area (TPSA) is 82.6 Å². The van der Waals surface area contributed by atoms with Crippen molar-refractivity contribution in [2.45, 2.75) is 44.3 Å². The predicted octanol–water partition coefficient (Wildman–Crippen LogP) is 2.96. The maximum atomic E-state index is 11.8. The molecule has 0 bridgehead atoms. The summed E-state index contributed by atoms with van der Waals surface area (Å²) in [5.41, 5.74) is 10.3. The fourth-order valence-corrected chi connectivity index (χ4v) is 4.75. The summed E-state index contributed by atoms with van der Waals surface area (Å²) in [7, 11) is 0. The molecule has 0 aliphatic carbocycles. The van der Waals surface area contributed by atoms with Crippen LogP contribution in [0.4, 0.5) is 0 Å². The molecule has 2 aromatic carbocycles. The van der Waals surface area contributed by atoms with Crippen molar-refractivity contribution in [3.63, 3.8) is 0 Å². The summed E-state index contributed by atoms with van der Waals surface area (Å²) >= 11 is 0. The summed E-state index contributed by atoms with van der Waals surface area (Å²) in [5.74, 6) is -0.322. The fourth-order valence-electron chi connectivity index (χ4n) is 4.75. The number of hydrogen-bond donors (Lipinski definition) is 1. The first-order valence-corrected chi connectivity index (χ1v) is 11.6. The molecule has 168 valence electrons. The monoisotopic (exact) mass is 432 g/mol. The lowest BCUT2D eigenvalue weighted by molar-refractivity contribution is -0.125. The third-order valence-electron chi connectivity index (χ3n) is 6.60. The van der Waals surface area contributed by atoms with Gasteiger partial charge in [-0.05, 0) is 35.1 Å². The van der Waals surface area contributed by atoms with Crippen LogP contribution in [0.25, 0.3) is 11.1 Å². The van der Waals surface area contributed by atoms with Gasteiger partial charge in [-0.1, -0.05) is 55.0 Å². The molecule has 2 fully saturated rings. The number of nitrogens with zero attached hydrogens (tertiary/aromatic N) is 3. The summed E-state index contributed by atoms with van der Waals surface area (Å²) in [6, 6.07) is 18.9. The molecule has 0 spiro atoms. The number of rotatable bonds is 7. The molecule has 0 aromatic heterocycles. The molecule has 2 aromatic rings. The number of likely N-dealkylation sites (tertiary alicyclic amines) is 1. The van der Waals surface area contributed by atoms with E-state index in [2.05, 4.69) is 59.5 Å². The van der Waals surface area contributed by atoms with E-state index < -0.39 is 0 Å². The molecule has 2 atom stereocenters. The van der Waals surface area contributed by atoms with Gasteiger partial charge in [0, 0.05) is 32.6 Å². The fraction of sp³-hybridized carbons (Fsp3) is 0.462. The van der Waals surface area contributed by atoms with Crippen molar-refractivity contribution in [3.05, 3.63) is 59.7 Å². The number of nitriles is 1. The molecule has 4 rings (SSSR count). The van der Waals surface area contributed by atoms with Gasteiger partial charge in [0.15, 0.2) is 0 Å². The second-order valence-electron chi connectivity index (χ2n) is 8.78. The number of carbonyl (C=O) groups is 1. The Hall–Kier alpha value is -2.72. The zero-order chi connectivity index (χ0) is 22.3. The average Bonchev–Trinajstić information content (AvgIpc) is 2.84. The number of hydrogen-bond acceptors (Lipinski definition) is 5. The van der Waals surface area contributed by atoms with Gasteiger partial charge < -0.3 is 10.5 Å².